The molecule has 92 valence electrons. The maximum absolute atomic E-state index is 11.8. The van der Waals surface area contributed by atoms with Crippen molar-refractivity contribution in [3.63, 3.8) is 0 Å². The average Bonchev–Trinajstić information content (AvgIpc) is 2.31. The third kappa shape index (κ3) is 2.48. The van der Waals surface area contributed by atoms with Crippen molar-refractivity contribution >= 4 is 6.09 Å². The molecule has 1 aliphatic carbocycles. The summed E-state index contributed by atoms with van der Waals surface area (Å²) >= 11 is 0. The molecule has 2 fully saturated rings. The Hall–Kier alpha value is -0.770. The first-order chi connectivity index (χ1) is 7.83. The quantitative estimate of drug-likeness (QED) is 0.799. The summed E-state index contributed by atoms with van der Waals surface area (Å²) in [4.78, 5) is 13.8. The Morgan fingerprint density at radius 2 is 2.00 bits per heavy atom. The molecule has 0 spiro atoms. The van der Waals surface area contributed by atoms with Crippen LogP contribution >= 0.6 is 0 Å². The highest BCUT2D eigenvalue weighted by Gasteiger charge is 2.35. The molecule has 16 heavy (non-hydrogen) atoms. The van der Waals surface area contributed by atoms with Gasteiger partial charge in [-0.05, 0) is 25.8 Å². The second kappa shape index (κ2) is 5.53. The minimum atomic E-state index is -0.114. The van der Waals surface area contributed by atoms with Crippen LogP contribution in [0.3, 0.4) is 0 Å². The predicted octanol–water partition coefficient (Wildman–Crippen LogP) is 1.88. The summed E-state index contributed by atoms with van der Waals surface area (Å²) < 4.78 is 5.17. The van der Waals surface area contributed by atoms with E-state index in [1.165, 1.54) is 19.3 Å². The summed E-state index contributed by atoms with van der Waals surface area (Å²) in [6.07, 6.45) is 7.79. The van der Waals surface area contributed by atoms with Crippen LogP contribution < -0.4 is 5.73 Å². The van der Waals surface area contributed by atoms with E-state index in [1.54, 1.807) is 0 Å². The summed E-state index contributed by atoms with van der Waals surface area (Å²) in [6.45, 7) is 1.22. The molecule has 2 rings (SSSR count). The predicted molar refractivity (Wildman–Crippen MR) is 62.1 cm³/mol. The van der Waals surface area contributed by atoms with Crippen LogP contribution in [0.25, 0.3) is 0 Å². The fourth-order valence-electron chi connectivity index (χ4n) is 2.93. The van der Waals surface area contributed by atoms with Crippen molar-refractivity contribution in [1.29, 1.82) is 0 Å². The normalized spacial score (nSPS) is 27.9. The van der Waals surface area contributed by atoms with E-state index >= 15 is 0 Å². The molecule has 0 aromatic carbocycles. The summed E-state index contributed by atoms with van der Waals surface area (Å²) in [5.74, 6) is 0. The monoisotopic (exact) mass is 226 g/mol. The molecule has 4 nitrogen and oxygen atoms in total. The van der Waals surface area contributed by atoms with Crippen molar-refractivity contribution in [2.24, 2.45) is 5.73 Å². The molecule has 1 saturated carbocycles. The summed E-state index contributed by atoms with van der Waals surface area (Å²) in [5, 5.41) is 0. The zero-order valence-electron chi connectivity index (χ0n) is 9.86. The van der Waals surface area contributed by atoms with E-state index in [9.17, 15) is 4.79 Å². The summed E-state index contributed by atoms with van der Waals surface area (Å²) in [5.41, 5.74) is 5.62. The lowest BCUT2D eigenvalue weighted by Gasteiger charge is -2.41. The van der Waals surface area contributed by atoms with Crippen LogP contribution in [0.4, 0.5) is 4.79 Å². The van der Waals surface area contributed by atoms with Gasteiger partial charge in [0.25, 0.3) is 0 Å². The number of hydrogen-bond donors (Lipinski definition) is 1. The number of ether oxygens (including phenoxy) is 1. The lowest BCUT2D eigenvalue weighted by molar-refractivity contribution is 0.0140. The van der Waals surface area contributed by atoms with Crippen molar-refractivity contribution in [3.8, 4) is 0 Å². The third-order valence-corrected chi connectivity index (χ3v) is 3.75. The summed E-state index contributed by atoms with van der Waals surface area (Å²) in [6, 6.07) is 0.715. The highest BCUT2D eigenvalue weighted by atomic mass is 16.6. The fourth-order valence-corrected chi connectivity index (χ4v) is 2.93. The smallest absolute Gasteiger partial charge is 0.410 e. The molecule has 0 aromatic rings. The van der Waals surface area contributed by atoms with Gasteiger partial charge in [0.2, 0.25) is 0 Å². The first-order valence-electron chi connectivity index (χ1n) is 6.48. The van der Waals surface area contributed by atoms with Crippen LogP contribution in [0.5, 0.6) is 0 Å². The van der Waals surface area contributed by atoms with Crippen LogP contribution in [0.15, 0.2) is 0 Å². The lowest BCUT2D eigenvalue weighted by atomic mass is 9.92. The zero-order chi connectivity index (χ0) is 11.4. The minimum Gasteiger partial charge on any atom is -0.449 e. The third-order valence-electron chi connectivity index (χ3n) is 3.75. The standard InChI is InChI=1S/C12H22N2O2/c13-8-6-11-7-9-16-12(15)14(11)10-4-2-1-3-5-10/h10-11H,1-9,13H2. The number of amides is 1. The molecule has 1 heterocycles. The van der Waals surface area contributed by atoms with Gasteiger partial charge in [-0.2, -0.15) is 0 Å². The number of carbonyl (C=O) groups is 1. The highest BCUT2D eigenvalue weighted by Crippen LogP contribution is 2.28. The van der Waals surface area contributed by atoms with Crippen molar-refractivity contribution in [1.82, 2.24) is 4.90 Å². The van der Waals surface area contributed by atoms with E-state index in [2.05, 4.69) is 0 Å². The molecule has 0 aromatic heterocycles. The van der Waals surface area contributed by atoms with Crippen LogP contribution in [0, 0.1) is 0 Å². The molecule has 1 aliphatic heterocycles. The van der Waals surface area contributed by atoms with Crippen LogP contribution in [0.1, 0.15) is 44.9 Å². The van der Waals surface area contributed by atoms with Gasteiger partial charge in [0.05, 0.1) is 6.61 Å². The van der Waals surface area contributed by atoms with Gasteiger partial charge >= 0.3 is 6.09 Å². The Bertz CT molecular complexity index is 229. The Labute approximate surface area is 97.1 Å². The molecule has 0 bridgehead atoms. The molecule has 2 N–H and O–H groups in total. The molecule has 1 atom stereocenters. The van der Waals surface area contributed by atoms with Gasteiger partial charge in [0.1, 0.15) is 0 Å². The topological polar surface area (TPSA) is 55.6 Å². The second-order valence-electron chi connectivity index (χ2n) is 4.83. The van der Waals surface area contributed by atoms with E-state index in [1.807, 2.05) is 4.90 Å². The van der Waals surface area contributed by atoms with E-state index in [4.69, 9.17) is 10.5 Å². The number of rotatable bonds is 3. The average molecular weight is 226 g/mol. The molecule has 4 heteroatoms. The number of nitrogens with two attached hydrogens (primary N) is 1. The largest absolute Gasteiger partial charge is 0.449 e. The first kappa shape index (κ1) is 11.7. The van der Waals surface area contributed by atoms with E-state index in [0.717, 1.165) is 25.7 Å². The van der Waals surface area contributed by atoms with Gasteiger partial charge in [-0.25, -0.2) is 4.79 Å². The van der Waals surface area contributed by atoms with Crippen molar-refractivity contribution in [3.05, 3.63) is 0 Å². The molecule has 1 unspecified atom stereocenters. The van der Waals surface area contributed by atoms with Gasteiger partial charge < -0.3 is 15.4 Å². The zero-order valence-corrected chi connectivity index (χ0v) is 9.86. The van der Waals surface area contributed by atoms with Gasteiger partial charge in [0.15, 0.2) is 0 Å². The van der Waals surface area contributed by atoms with E-state index < -0.39 is 0 Å². The van der Waals surface area contributed by atoms with Crippen molar-refractivity contribution in [2.45, 2.75) is 57.0 Å². The SMILES string of the molecule is NCCC1CCOC(=O)N1C1CCCCC1. The molecule has 1 saturated heterocycles. The molecule has 0 radical (unpaired) electrons. The van der Waals surface area contributed by atoms with Gasteiger partial charge in [-0.1, -0.05) is 19.3 Å². The fraction of sp³-hybridized carbons (Fsp3) is 0.917. The van der Waals surface area contributed by atoms with Gasteiger partial charge in [-0.15, -0.1) is 0 Å². The minimum absolute atomic E-state index is 0.114. The second-order valence-corrected chi connectivity index (χ2v) is 4.83. The number of nitrogens with zero attached hydrogens (tertiary/aromatic N) is 1. The maximum atomic E-state index is 11.8. The molecule has 1 amide bonds. The number of carbonyl (C=O) groups excluding carboxylic acids is 1. The summed E-state index contributed by atoms with van der Waals surface area (Å²) in [7, 11) is 0. The highest BCUT2D eigenvalue weighted by molar-refractivity contribution is 5.69. The lowest BCUT2D eigenvalue weighted by Crippen LogP contribution is -2.52. The Balaban J connectivity index is 2.02. The van der Waals surface area contributed by atoms with Crippen molar-refractivity contribution < 1.29 is 9.53 Å². The van der Waals surface area contributed by atoms with Gasteiger partial charge in [0, 0.05) is 18.5 Å². The molecular formula is C12H22N2O2. The Kier molecular flexibility index (Phi) is 4.04. The van der Waals surface area contributed by atoms with Crippen molar-refractivity contribution in [2.75, 3.05) is 13.2 Å². The van der Waals surface area contributed by atoms with Crippen LogP contribution in [-0.4, -0.2) is 36.2 Å². The number of cyclic esters (lactones) is 1. The van der Waals surface area contributed by atoms with E-state index in [-0.39, 0.29) is 6.09 Å². The van der Waals surface area contributed by atoms with Crippen LogP contribution in [-0.2, 0) is 4.74 Å². The number of hydrogen-bond acceptors (Lipinski definition) is 3. The maximum Gasteiger partial charge on any atom is 0.410 e. The Morgan fingerprint density at radius 3 is 2.69 bits per heavy atom. The van der Waals surface area contributed by atoms with Crippen LogP contribution in [0.2, 0.25) is 0 Å². The Morgan fingerprint density at radius 1 is 1.25 bits per heavy atom. The van der Waals surface area contributed by atoms with Gasteiger partial charge in [-0.3, -0.25) is 0 Å². The molecular weight excluding hydrogens is 204 g/mol. The van der Waals surface area contributed by atoms with E-state index in [0.29, 0.717) is 25.2 Å². The first-order valence-corrected chi connectivity index (χ1v) is 6.48. The molecule has 2 aliphatic rings.